The summed E-state index contributed by atoms with van der Waals surface area (Å²) in [5.41, 5.74) is 0.350. The molecule has 0 saturated heterocycles. The van der Waals surface area contributed by atoms with E-state index in [1.165, 1.54) is 20.3 Å². The summed E-state index contributed by atoms with van der Waals surface area (Å²) in [5.74, 6) is 1.91. The van der Waals surface area contributed by atoms with E-state index in [4.69, 9.17) is 14.2 Å². The molecule has 0 amide bonds. The fraction of sp³-hybridized carbons (Fsp3) is 0.833. The lowest BCUT2D eigenvalue weighted by Gasteiger charge is -2.62. The summed E-state index contributed by atoms with van der Waals surface area (Å²) in [5, 5.41) is 0. The first-order chi connectivity index (χ1) is 17.0. The third-order valence-electron chi connectivity index (χ3n) is 10.8. The quantitative estimate of drug-likeness (QED) is 0.195. The number of fused-ring (bicyclic) bond motifs is 5. The van der Waals surface area contributed by atoms with Gasteiger partial charge < -0.3 is 14.2 Å². The molecule has 4 rings (SSSR count). The molecule has 0 aromatic rings. The molecule has 0 aromatic carbocycles. The van der Waals surface area contributed by atoms with Crippen molar-refractivity contribution in [2.45, 2.75) is 105 Å². The van der Waals surface area contributed by atoms with Crippen LogP contribution in [0.4, 0.5) is 0 Å². The Bertz CT molecular complexity index is 881. The van der Waals surface area contributed by atoms with E-state index in [1.54, 1.807) is 6.08 Å². The lowest BCUT2D eigenvalue weighted by molar-refractivity contribution is -0.196. The first kappa shape index (κ1) is 27.2. The lowest BCUT2D eigenvalue weighted by Crippen LogP contribution is -2.59. The molecule has 0 aliphatic heterocycles. The van der Waals surface area contributed by atoms with Crippen LogP contribution in [-0.4, -0.2) is 36.7 Å². The standard InChI is InChI=1S/C30H46O6/c1-7-34-27(33)11-8-18(2)23-9-10-24-28-25(13-15-30(23,24)6)29(5)14-12-22(35-19(3)31)16-21(29)17-26(28)36-20(4)32/h8,11,18,21-26,28H,7,9-10,12-17H2,1-6H3/b11-8+/t18-,21+,22-,23-,24+,25+,26-,28+,29+,30-/m1/s1/i11+1. The van der Waals surface area contributed by atoms with Gasteiger partial charge in [0.1, 0.15) is 12.2 Å². The second-order valence-corrected chi connectivity index (χ2v) is 12.6. The predicted octanol–water partition coefficient (Wildman–Crippen LogP) is 5.87. The van der Waals surface area contributed by atoms with E-state index < -0.39 is 0 Å². The van der Waals surface area contributed by atoms with Crippen LogP contribution < -0.4 is 0 Å². The SMILES string of the molecule is CCOC(=O)/[13CH]=C/[C@@H](C)[C@H]1CC[C@H]2[C@@H]3[C@H](OC(C)=O)C[C@@H]4C[C@H](OC(C)=O)CC[C@]4(C)[C@H]3CC[C@]12C. The van der Waals surface area contributed by atoms with E-state index in [9.17, 15) is 14.4 Å². The number of hydrogen-bond donors (Lipinski definition) is 0. The van der Waals surface area contributed by atoms with E-state index in [0.29, 0.717) is 42.1 Å². The number of esters is 3. The third kappa shape index (κ3) is 4.98. The Kier molecular flexibility index (Phi) is 7.92. The van der Waals surface area contributed by atoms with Gasteiger partial charge in [0.15, 0.2) is 0 Å². The van der Waals surface area contributed by atoms with E-state index in [2.05, 4.69) is 20.8 Å². The summed E-state index contributed by atoms with van der Waals surface area (Å²) in [7, 11) is 0. The van der Waals surface area contributed by atoms with Crippen molar-refractivity contribution in [1.29, 1.82) is 0 Å². The summed E-state index contributed by atoms with van der Waals surface area (Å²) < 4.78 is 16.8. The van der Waals surface area contributed by atoms with Crippen molar-refractivity contribution in [3.05, 3.63) is 12.2 Å². The highest BCUT2D eigenvalue weighted by Crippen LogP contribution is 2.68. The van der Waals surface area contributed by atoms with Gasteiger partial charge in [-0.05, 0) is 98.7 Å². The first-order valence-electron chi connectivity index (χ1n) is 14.2. The molecule has 0 radical (unpaired) electrons. The Morgan fingerprint density at radius 2 is 1.58 bits per heavy atom. The molecule has 4 fully saturated rings. The monoisotopic (exact) mass is 503 g/mol. The number of hydrogen-bond acceptors (Lipinski definition) is 6. The highest BCUT2D eigenvalue weighted by Gasteiger charge is 2.63. The molecule has 10 atom stereocenters. The maximum absolute atomic E-state index is 12.2. The molecule has 0 spiro atoms. The maximum Gasteiger partial charge on any atom is 0.330 e. The number of carbonyl (C=O) groups excluding carboxylic acids is 3. The Balaban J connectivity index is 1.58. The Labute approximate surface area is 216 Å². The number of rotatable bonds is 6. The highest BCUT2D eigenvalue weighted by atomic mass is 16.5. The summed E-state index contributed by atoms with van der Waals surface area (Å²) in [6.45, 7) is 12.4. The van der Waals surface area contributed by atoms with Crippen LogP contribution in [0.2, 0.25) is 0 Å². The van der Waals surface area contributed by atoms with Crippen LogP contribution in [0.1, 0.15) is 92.9 Å². The molecule has 36 heavy (non-hydrogen) atoms. The Morgan fingerprint density at radius 1 is 0.917 bits per heavy atom. The van der Waals surface area contributed by atoms with Gasteiger partial charge in [0, 0.05) is 25.8 Å². The molecule has 0 aromatic heterocycles. The van der Waals surface area contributed by atoms with Gasteiger partial charge in [-0.25, -0.2) is 4.79 Å². The van der Waals surface area contributed by atoms with Crippen molar-refractivity contribution in [3.63, 3.8) is 0 Å². The second kappa shape index (κ2) is 10.5. The van der Waals surface area contributed by atoms with Crippen molar-refractivity contribution >= 4 is 17.9 Å². The molecule has 4 aliphatic rings. The van der Waals surface area contributed by atoms with E-state index >= 15 is 0 Å². The van der Waals surface area contributed by atoms with Crippen molar-refractivity contribution in [3.8, 4) is 0 Å². The zero-order valence-corrected chi connectivity index (χ0v) is 23.1. The van der Waals surface area contributed by atoms with Crippen LogP contribution in [-0.2, 0) is 28.6 Å². The third-order valence-corrected chi connectivity index (χ3v) is 10.8. The van der Waals surface area contributed by atoms with Crippen molar-refractivity contribution in [1.82, 2.24) is 0 Å². The molecule has 6 heteroatoms. The largest absolute Gasteiger partial charge is 0.463 e. The molecule has 0 N–H and O–H groups in total. The molecular weight excluding hydrogens is 457 g/mol. The summed E-state index contributed by atoms with van der Waals surface area (Å²) in [6, 6.07) is 0. The Morgan fingerprint density at radius 3 is 2.25 bits per heavy atom. The first-order valence-corrected chi connectivity index (χ1v) is 14.2. The molecule has 0 heterocycles. The number of allylic oxidation sites excluding steroid dienone is 1. The normalized spacial score (nSPS) is 42.6. The van der Waals surface area contributed by atoms with Gasteiger partial charge in [-0.3, -0.25) is 9.59 Å². The van der Waals surface area contributed by atoms with Gasteiger partial charge >= 0.3 is 17.9 Å². The van der Waals surface area contributed by atoms with Crippen LogP contribution >= 0.6 is 0 Å². The highest BCUT2D eigenvalue weighted by molar-refractivity contribution is 5.81. The lowest BCUT2D eigenvalue weighted by atomic mass is 9.43. The summed E-state index contributed by atoms with van der Waals surface area (Å²) in [6.07, 6.45) is 11.9. The van der Waals surface area contributed by atoms with E-state index in [0.717, 1.165) is 44.9 Å². The average molecular weight is 504 g/mol. The van der Waals surface area contributed by atoms with Crippen LogP contribution in [0.3, 0.4) is 0 Å². The molecule has 4 aliphatic carbocycles. The minimum absolute atomic E-state index is 0.0214. The van der Waals surface area contributed by atoms with Crippen LogP contribution in [0.15, 0.2) is 12.2 Å². The Hall–Kier alpha value is -1.85. The summed E-state index contributed by atoms with van der Waals surface area (Å²) >= 11 is 0. The number of ether oxygens (including phenoxy) is 3. The van der Waals surface area contributed by atoms with Crippen LogP contribution in [0, 0.1) is 46.3 Å². The fourth-order valence-electron chi connectivity index (χ4n) is 9.29. The smallest absolute Gasteiger partial charge is 0.330 e. The van der Waals surface area contributed by atoms with Gasteiger partial charge in [0.2, 0.25) is 0 Å². The van der Waals surface area contributed by atoms with E-state index in [-0.39, 0.29) is 40.9 Å². The van der Waals surface area contributed by atoms with Crippen molar-refractivity contribution < 1.29 is 28.6 Å². The minimum Gasteiger partial charge on any atom is -0.463 e. The minimum atomic E-state index is -0.265. The van der Waals surface area contributed by atoms with Gasteiger partial charge in [0.25, 0.3) is 0 Å². The molecule has 6 nitrogen and oxygen atoms in total. The predicted molar refractivity (Wildman–Crippen MR) is 137 cm³/mol. The topological polar surface area (TPSA) is 78.9 Å². The zero-order valence-electron chi connectivity index (χ0n) is 23.1. The van der Waals surface area contributed by atoms with Gasteiger partial charge in [-0.2, -0.15) is 0 Å². The zero-order chi connectivity index (χ0) is 26.3. The maximum atomic E-state index is 12.2. The summed E-state index contributed by atoms with van der Waals surface area (Å²) in [4.78, 5) is 35.8. The molecular formula is C30H46O6. The van der Waals surface area contributed by atoms with Gasteiger partial charge in [0.05, 0.1) is 6.61 Å². The molecule has 0 unspecified atom stereocenters. The van der Waals surface area contributed by atoms with E-state index in [1.807, 2.05) is 13.0 Å². The number of carbonyl (C=O) groups is 3. The fourth-order valence-corrected chi connectivity index (χ4v) is 9.29. The molecule has 202 valence electrons. The molecule has 4 saturated carbocycles. The van der Waals surface area contributed by atoms with Crippen LogP contribution in [0.5, 0.6) is 0 Å². The van der Waals surface area contributed by atoms with Gasteiger partial charge in [-0.1, -0.05) is 26.8 Å². The molecule has 0 bridgehead atoms. The average Bonchev–Trinajstić information content (AvgIpc) is 3.15. The van der Waals surface area contributed by atoms with Crippen LogP contribution in [0.25, 0.3) is 0 Å². The van der Waals surface area contributed by atoms with Crippen molar-refractivity contribution in [2.24, 2.45) is 46.3 Å². The van der Waals surface area contributed by atoms with Gasteiger partial charge in [-0.15, -0.1) is 0 Å². The second-order valence-electron chi connectivity index (χ2n) is 12.6. The van der Waals surface area contributed by atoms with Crippen molar-refractivity contribution in [2.75, 3.05) is 6.61 Å².